The van der Waals surface area contributed by atoms with Crippen LogP contribution < -0.4 is 15.8 Å². The molecule has 0 bridgehead atoms. The number of nitrogens with one attached hydrogen (secondary N) is 2. The summed E-state index contributed by atoms with van der Waals surface area (Å²) >= 11 is 0. The average Bonchev–Trinajstić information content (AvgIpc) is 2.87. The van der Waals surface area contributed by atoms with Gasteiger partial charge in [0.05, 0.1) is 13.2 Å². The molecule has 5 N–H and O–H groups in total. The maximum atomic E-state index is 12.6. The third-order valence-corrected chi connectivity index (χ3v) is 4.74. The molecule has 0 heterocycles. The molecule has 0 unspecified atom stereocenters. The molecule has 39 heavy (non-hydrogen) atoms. The minimum absolute atomic E-state index is 0.0783. The number of ether oxygens (including phenoxy) is 2. The second-order valence-electron chi connectivity index (χ2n) is 7.94. The van der Waals surface area contributed by atoms with Crippen LogP contribution >= 0.6 is 0 Å². The predicted octanol–water partition coefficient (Wildman–Crippen LogP) is 2.44. The second kappa shape index (κ2) is 15.0. The lowest BCUT2D eigenvalue weighted by molar-refractivity contribution is -0.192. The van der Waals surface area contributed by atoms with Crippen LogP contribution in [-0.4, -0.2) is 79.1 Å². The highest BCUT2D eigenvalue weighted by Gasteiger charge is 2.38. The molecule has 11 nitrogen and oxygen atoms in total. The van der Waals surface area contributed by atoms with Crippen LogP contribution in [0.2, 0.25) is 0 Å². The number of hydrogen-bond acceptors (Lipinski definition) is 7. The average molecular weight is 555 g/mol. The lowest BCUT2D eigenvalue weighted by Crippen LogP contribution is -2.42. The maximum Gasteiger partial charge on any atom is 0.490 e. The highest BCUT2D eigenvalue weighted by atomic mass is 19.4. The van der Waals surface area contributed by atoms with Crippen LogP contribution in [0, 0.1) is 5.41 Å². The number of halogens is 3. The van der Waals surface area contributed by atoms with Crippen molar-refractivity contribution in [3.8, 4) is 5.75 Å². The number of nitrogens with zero attached hydrogens (tertiary/aromatic N) is 1. The summed E-state index contributed by atoms with van der Waals surface area (Å²) in [5.41, 5.74) is 6.77. The summed E-state index contributed by atoms with van der Waals surface area (Å²) < 4.78 is 42.5. The van der Waals surface area contributed by atoms with Gasteiger partial charge in [0.15, 0.2) is 0 Å². The third-order valence-electron chi connectivity index (χ3n) is 4.74. The summed E-state index contributed by atoms with van der Waals surface area (Å²) in [5.74, 6) is -3.55. The number of aliphatic carboxylic acids is 1. The van der Waals surface area contributed by atoms with Crippen LogP contribution in [0.15, 0.2) is 48.5 Å². The van der Waals surface area contributed by atoms with Crippen LogP contribution in [0.5, 0.6) is 5.75 Å². The van der Waals surface area contributed by atoms with Crippen molar-refractivity contribution in [3.63, 3.8) is 0 Å². The largest absolute Gasteiger partial charge is 0.493 e. The van der Waals surface area contributed by atoms with E-state index in [4.69, 9.17) is 30.5 Å². The fourth-order valence-corrected chi connectivity index (χ4v) is 2.80. The molecule has 0 aliphatic heterocycles. The van der Waals surface area contributed by atoms with Crippen LogP contribution in [0.4, 0.5) is 13.2 Å². The normalized spacial score (nSPS) is 11.2. The van der Waals surface area contributed by atoms with Crippen molar-refractivity contribution in [3.05, 3.63) is 65.2 Å². The zero-order valence-electron chi connectivity index (χ0n) is 21.4. The fraction of sp³-hybridized carbons (Fsp3) is 0.320. The molecule has 212 valence electrons. The Morgan fingerprint density at radius 1 is 1.05 bits per heavy atom. The van der Waals surface area contributed by atoms with E-state index in [-0.39, 0.29) is 31.4 Å². The van der Waals surface area contributed by atoms with Gasteiger partial charge in [-0.3, -0.25) is 15.0 Å². The van der Waals surface area contributed by atoms with E-state index in [1.54, 1.807) is 57.4 Å². The van der Waals surface area contributed by atoms with Gasteiger partial charge in [0, 0.05) is 37.2 Å². The first-order valence-electron chi connectivity index (χ1n) is 11.3. The number of hydrogen-bond donors (Lipinski definition) is 4. The minimum atomic E-state index is -5.08. The Kier molecular flexibility index (Phi) is 12.4. The van der Waals surface area contributed by atoms with E-state index in [0.717, 1.165) is 0 Å². The van der Waals surface area contributed by atoms with Crippen molar-refractivity contribution in [2.24, 2.45) is 5.73 Å². The number of esters is 1. The Balaban J connectivity index is 0.000000956. The monoisotopic (exact) mass is 554 g/mol. The van der Waals surface area contributed by atoms with Gasteiger partial charge in [-0.1, -0.05) is 12.1 Å². The van der Waals surface area contributed by atoms with E-state index in [1.165, 1.54) is 17.0 Å². The Bertz CT molecular complexity index is 1170. The summed E-state index contributed by atoms with van der Waals surface area (Å²) in [6.07, 6.45) is -4.91. The molecule has 0 spiro atoms. The number of alkyl halides is 3. The second-order valence-corrected chi connectivity index (χ2v) is 7.94. The molecule has 1 atom stereocenters. The van der Waals surface area contributed by atoms with Gasteiger partial charge in [-0.2, -0.15) is 13.2 Å². The number of carboxylic acids is 1. The van der Waals surface area contributed by atoms with Crippen molar-refractivity contribution in [1.29, 1.82) is 5.41 Å². The number of amidine groups is 1. The summed E-state index contributed by atoms with van der Waals surface area (Å²) in [5, 5.41) is 17.3. The first-order chi connectivity index (χ1) is 18.2. The van der Waals surface area contributed by atoms with Gasteiger partial charge in [-0.15, -0.1) is 0 Å². The first-order valence-corrected chi connectivity index (χ1v) is 11.3. The molecular weight excluding hydrogens is 525 g/mol. The van der Waals surface area contributed by atoms with E-state index in [1.807, 2.05) is 0 Å². The van der Waals surface area contributed by atoms with Crippen molar-refractivity contribution in [2.45, 2.75) is 25.6 Å². The molecule has 0 saturated heterocycles. The number of nitrogens with two attached hydrogens (primary N) is 1. The zero-order chi connectivity index (χ0) is 29.8. The topological polar surface area (TPSA) is 172 Å². The van der Waals surface area contributed by atoms with Crippen molar-refractivity contribution in [2.75, 3.05) is 27.3 Å². The Labute approximate surface area is 222 Å². The van der Waals surface area contributed by atoms with E-state index >= 15 is 0 Å². The lowest BCUT2D eigenvalue weighted by atomic mass is 10.1. The summed E-state index contributed by atoms with van der Waals surface area (Å²) in [6.45, 7) is 1.98. The van der Waals surface area contributed by atoms with Gasteiger partial charge >= 0.3 is 18.1 Å². The van der Waals surface area contributed by atoms with Crippen LogP contribution in [-0.2, 0) is 14.3 Å². The molecule has 0 radical (unpaired) electrons. The van der Waals surface area contributed by atoms with Gasteiger partial charge in [0.2, 0.25) is 0 Å². The summed E-state index contributed by atoms with van der Waals surface area (Å²) in [6, 6.07) is 12.0. The molecule has 0 aliphatic rings. The van der Waals surface area contributed by atoms with E-state index in [0.29, 0.717) is 22.4 Å². The van der Waals surface area contributed by atoms with Crippen LogP contribution in [0.25, 0.3) is 0 Å². The Morgan fingerprint density at radius 3 is 2.10 bits per heavy atom. The molecule has 0 aliphatic carbocycles. The molecule has 2 amide bonds. The molecule has 2 aromatic carbocycles. The number of carboxylic acid groups (broad SMARTS) is 1. The van der Waals surface area contributed by atoms with E-state index < -0.39 is 30.1 Å². The maximum absolute atomic E-state index is 12.6. The third kappa shape index (κ3) is 11.1. The van der Waals surface area contributed by atoms with Gasteiger partial charge in [-0.05, 0) is 43.3 Å². The van der Waals surface area contributed by atoms with Crippen LogP contribution in [0.1, 0.15) is 39.6 Å². The predicted molar refractivity (Wildman–Crippen MR) is 134 cm³/mol. The van der Waals surface area contributed by atoms with Gasteiger partial charge in [0.1, 0.15) is 17.6 Å². The molecule has 14 heteroatoms. The van der Waals surface area contributed by atoms with Crippen molar-refractivity contribution in [1.82, 2.24) is 10.2 Å². The zero-order valence-corrected chi connectivity index (χ0v) is 21.4. The number of nitrogen functional groups attached to an aromatic ring is 1. The molecule has 2 aromatic rings. The van der Waals surface area contributed by atoms with E-state index in [2.05, 4.69) is 5.32 Å². The van der Waals surface area contributed by atoms with Gasteiger partial charge in [0.25, 0.3) is 11.8 Å². The van der Waals surface area contributed by atoms with Gasteiger partial charge in [-0.25, -0.2) is 9.59 Å². The highest BCUT2D eigenvalue weighted by molar-refractivity contribution is 5.99. The van der Waals surface area contributed by atoms with E-state index in [9.17, 15) is 27.6 Å². The Morgan fingerprint density at radius 2 is 1.62 bits per heavy atom. The lowest BCUT2D eigenvalue weighted by Gasteiger charge is -2.18. The number of benzene rings is 2. The molecule has 0 aromatic heterocycles. The first kappa shape index (κ1) is 32.4. The summed E-state index contributed by atoms with van der Waals surface area (Å²) in [4.78, 5) is 47.3. The Hall–Kier alpha value is -4.62. The standard InChI is InChI=1S/C23H28N4O5.C2HF3O2/c1-4-31-23(30)19(12-13-32-18-7-5-6-17(14-18)20(24)25)26-21(28)15-8-10-16(11-9-15)22(29)27(2)3;3-2(4,5)1(6)7/h5-11,14,19H,4,12-13H2,1-3H3,(H3,24,25)(H,26,28);(H,6,7)/t19-;/m0./s1. The summed E-state index contributed by atoms with van der Waals surface area (Å²) in [7, 11) is 3.29. The number of carbonyl (C=O) groups excluding carboxylic acids is 3. The number of amides is 2. The smallest absolute Gasteiger partial charge is 0.490 e. The quantitative estimate of drug-likeness (QED) is 0.197. The molecule has 2 rings (SSSR count). The van der Waals surface area contributed by atoms with Crippen LogP contribution in [0.3, 0.4) is 0 Å². The fourth-order valence-electron chi connectivity index (χ4n) is 2.80. The highest BCUT2D eigenvalue weighted by Crippen LogP contribution is 2.14. The molecular formula is C25H29F3N4O7. The SMILES string of the molecule is CCOC(=O)[C@H](CCOc1cccc(C(=N)N)c1)NC(=O)c1ccc(C(=O)N(C)C)cc1.O=C(O)C(F)(F)F. The molecule has 0 saturated carbocycles. The number of carbonyl (C=O) groups is 4. The molecule has 0 fully saturated rings. The van der Waals surface area contributed by atoms with Crippen molar-refractivity contribution < 1.29 is 46.9 Å². The number of rotatable bonds is 10. The van der Waals surface area contributed by atoms with Gasteiger partial charge < -0.3 is 30.5 Å². The minimum Gasteiger partial charge on any atom is -0.493 e. The van der Waals surface area contributed by atoms with Crippen molar-refractivity contribution >= 4 is 29.6 Å².